The maximum Gasteiger partial charge on any atom is 0.0541 e. The predicted molar refractivity (Wildman–Crippen MR) is 346 cm³/mol. The van der Waals surface area contributed by atoms with Crippen molar-refractivity contribution in [2.24, 2.45) is 0 Å². The van der Waals surface area contributed by atoms with Crippen LogP contribution in [0.5, 0.6) is 0 Å². The summed E-state index contributed by atoms with van der Waals surface area (Å²) in [6.07, 6.45) is 0. The molecule has 1 aromatic heterocycles. The molecule has 0 spiro atoms. The van der Waals surface area contributed by atoms with Crippen molar-refractivity contribution in [3.63, 3.8) is 0 Å². The zero-order valence-electron chi connectivity index (χ0n) is 44.4. The molecule has 0 fully saturated rings. The number of benzene rings is 15. The first-order chi connectivity index (χ1) is 40.1. The van der Waals surface area contributed by atoms with Gasteiger partial charge in [0, 0.05) is 16.2 Å². The third-order valence-electron chi connectivity index (χ3n) is 17.0. The molecule has 0 bridgehead atoms. The molecule has 1 heteroatoms. The summed E-state index contributed by atoms with van der Waals surface area (Å²) in [5.41, 5.74) is 20.5. The highest BCUT2D eigenvalue weighted by atomic mass is 15.0. The van der Waals surface area contributed by atoms with Gasteiger partial charge in [-0.3, -0.25) is 0 Å². The third kappa shape index (κ3) is 7.93. The van der Waals surface area contributed by atoms with Crippen LogP contribution in [0.3, 0.4) is 0 Å². The average molecular weight is 1030 g/mol. The van der Waals surface area contributed by atoms with Crippen LogP contribution in [0, 0.1) is 0 Å². The normalized spacial score (nSPS) is 11.7. The fourth-order valence-electron chi connectivity index (χ4n) is 13.0. The molecule has 0 saturated carbocycles. The molecule has 81 heavy (non-hydrogen) atoms. The van der Waals surface area contributed by atoms with Crippen molar-refractivity contribution in [2.45, 2.75) is 0 Å². The average Bonchev–Trinajstić information content (AvgIpc) is 3.91. The zero-order chi connectivity index (χ0) is 53.4. The Bertz CT molecular complexity index is 4880. The summed E-state index contributed by atoms with van der Waals surface area (Å²) < 4.78 is 2.50. The minimum Gasteiger partial charge on any atom is -0.309 e. The Morgan fingerprint density at radius 2 is 0.506 bits per heavy atom. The molecule has 0 N–H and O–H groups in total. The molecule has 0 radical (unpaired) electrons. The Hall–Kier alpha value is -10.6. The monoisotopic (exact) mass is 1030 g/mol. The van der Waals surface area contributed by atoms with Crippen LogP contribution in [0.15, 0.2) is 309 Å². The first-order valence-corrected chi connectivity index (χ1v) is 28.0. The van der Waals surface area contributed by atoms with E-state index in [2.05, 4.69) is 314 Å². The highest BCUT2D eigenvalue weighted by Gasteiger charge is 2.20. The van der Waals surface area contributed by atoms with Gasteiger partial charge >= 0.3 is 0 Å². The lowest BCUT2D eigenvalue weighted by molar-refractivity contribution is 1.20. The third-order valence-corrected chi connectivity index (χ3v) is 17.0. The molecular weight excluding hydrogens is 975 g/mol. The van der Waals surface area contributed by atoms with Crippen molar-refractivity contribution in [1.29, 1.82) is 0 Å². The fraction of sp³-hybridized carbons (Fsp3) is 0. The molecule has 16 rings (SSSR count). The van der Waals surface area contributed by atoms with Crippen molar-refractivity contribution in [1.82, 2.24) is 4.57 Å². The summed E-state index contributed by atoms with van der Waals surface area (Å²) in [6.45, 7) is 0. The van der Waals surface area contributed by atoms with E-state index >= 15 is 0 Å². The van der Waals surface area contributed by atoms with E-state index < -0.39 is 0 Å². The number of nitrogens with zero attached hydrogens (tertiary/aromatic N) is 1. The Balaban J connectivity index is 0.794. The van der Waals surface area contributed by atoms with E-state index in [1.54, 1.807) is 0 Å². The summed E-state index contributed by atoms with van der Waals surface area (Å²) in [6, 6.07) is 114. The van der Waals surface area contributed by atoms with E-state index in [9.17, 15) is 0 Å². The van der Waals surface area contributed by atoms with Crippen LogP contribution in [-0.2, 0) is 0 Å². The van der Waals surface area contributed by atoms with Gasteiger partial charge in [-0.2, -0.15) is 0 Å². The molecule has 15 aromatic carbocycles. The van der Waals surface area contributed by atoms with Gasteiger partial charge in [-0.15, -0.1) is 0 Å². The second-order valence-electron chi connectivity index (χ2n) is 21.5. The maximum atomic E-state index is 2.50. The molecule has 0 amide bonds. The molecule has 0 aliphatic rings. The lowest BCUT2D eigenvalue weighted by Gasteiger charge is -2.17. The summed E-state index contributed by atoms with van der Waals surface area (Å²) in [5.74, 6) is 0. The molecule has 0 atom stereocenters. The van der Waals surface area contributed by atoms with Crippen molar-refractivity contribution >= 4 is 75.7 Å². The van der Waals surface area contributed by atoms with Gasteiger partial charge in [-0.25, -0.2) is 0 Å². The van der Waals surface area contributed by atoms with Crippen LogP contribution in [0.25, 0.3) is 159 Å². The molecule has 0 saturated heterocycles. The summed E-state index contributed by atoms with van der Waals surface area (Å²) in [7, 11) is 0. The van der Waals surface area contributed by atoms with E-state index in [1.165, 1.54) is 154 Å². The van der Waals surface area contributed by atoms with Crippen LogP contribution in [0.2, 0.25) is 0 Å². The van der Waals surface area contributed by atoms with Crippen LogP contribution in [0.1, 0.15) is 0 Å². The predicted octanol–water partition coefficient (Wildman–Crippen LogP) is 22.2. The Kier molecular flexibility index (Phi) is 11.0. The van der Waals surface area contributed by atoms with Crippen molar-refractivity contribution < 1.29 is 0 Å². The summed E-state index contributed by atoms with van der Waals surface area (Å²) in [5, 5.41) is 15.0. The Morgan fingerprint density at radius 1 is 0.160 bits per heavy atom. The second kappa shape index (κ2) is 19.1. The van der Waals surface area contributed by atoms with E-state index in [0.29, 0.717) is 0 Å². The lowest BCUT2D eigenvalue weighted by atomic mass is 9.90. The lowest BCUT2D eigenvalue weighted by Crippen LogP contribution is -1.97. The molecule has 0 aliphatic carbocycles. The number of hydrogen-bond acceptors (Lipinski definition) is 0. The van der Waals surface area contributed by atoms with Gasteiger partial charge < -0.3 is 4.57 Å². The Morgan fingerprint density at radius 3 is 0.988 bits per heavy atom. The van der Waals surface area contributed by atoms with Gasteiger partial charge in [0.2, 0.25) is 0 Å². The van der Waals surface area contributed by atoms with Gasteiger partial charge in [0.25, 0.3) is 0 Å². The molecule has 1 nitrogen and oxygen atoms in total. The number of hydrogen-bond donors (Lipinski definition) is 0. The topological polar surface area (TPSA) is 4.93 Å². The van der Waals surface area contributed by atoms with Gasteiger partial charge in [0.1, 0.15) is 0 Å². The van der Waals surface area contributed by atoms with E-state index in [-0.39, 0.29) is 0 Å². The van der Waals surface area contributed by atoms with Gasteiger partial charge in [-0.05, 0) is 163 Å². The first-order valence-electron chi connectivity index (χ1n) is 28.0. The minimum atomic E-state index is 1.16. The van der Waals surface area contributed by atoms with Crippen LogP contribution in [-0.4, -0.2) is 4.57 Å². The number of fused-ring (bicyclic) bond motifs is 9. The van der Waals surface area contributed by atoms with Crippen molar-refractivity contribution in [3.8, 4) is 83.6 Å². The van der Waals surface area contributed by atoms with E-state index in [4.69, 9.17) is 0 Å². The summed E-state index contributed by atoms with van der Waals surface area (Å²) >= 11 is 0. The highest BCUT2D eigenvalue weighted by Crippen LogP contribution is 2.44. The number of aromatic nitrogens is 1. The highest BCUT2D eigenvalue weighted by molar-refractivity contribution is 6.18. The molecule has 0 aliphatic heterocycles. The van der Waals surface area contributed by atoms with Crippen molar-refractivity contribution in [3.05, 3.63) is 309 Å². The SMILES string of the molecule is c1ccc2c(-c3ccc(-c4ccc(-c5ccc6c(c5)c5cc(-c7ccc(-c8ccc(-c9cccc%10ccccc9%10)cc8)cc7)ccc5n6-c5ccc(-c6cc7ccccc7c7ccccc67)c6ccccc56)cc4)cc3)cccc2c1. The molecular formula is C80H51N. The minimum absolute atomic E-state index is 1.16. The smallest absolute Gasteiger partial charge is 0.0541 e. The van der Waals surface area contributed by atoms with Crippen LogP contribution < -0.4 is 0 Å². The fourth-order valence-corrected chi connectivity index (χ4v) is 13.0. The van der Waals surface area contributed by atoms with E-state index in [1.807, 2.05) is 0 Å². The van der Waals surface area contributed by atoms with E-state index in [0.717, 1.165) is 5.69 Å². The molecule has 376 valence electrons. The summed E-state index contributed by atoms with van der Waals surface area (Å²) in [4.78, 5) is 0. The second-order valence-corrected chi connectivity index (χ2v) is 21.5. The largest absolute Gasteiger partial charge is 0.309 e. The molecule has 1 heterocycles. The molecule has 0 unspecified atom stereocenters. The van der Waals surface area contributed by atoms with Gasteiger partial charge in [0.15, 0.2) is 0 Å². The van der Waals surface area contributed by atoms with Gasteiger partial charge in [-0.1, -0.05) is 273 Å². The molecule has 16 aromatic rings. The van der Waals surface area contributed by atoms with Crippen molar-refractivity contribution in [2.75, 3.05) is 0 Å². The van der Waals surface area contributed by atoms with Crippen LogP contribution >= 0.6 is 0 Å². The Labute approximate surface area is 470 Å². The first kappa shape index (κ1) is 46.5. The zero-order valence-corrected chi connectivity index (χ0v) is 44.4. The quantitative estimate of drug-likeness (QED) is 0.134. The maximum absolute atomic E-state index is 2.50. The number of rotatable bonds is 8. The van der Waals surface area contributed by atoms with Gasteiger partial charge in [0.05, 0.1) is 16.7 Å². The standard InChI is InChI=1S/C80H51N/c1-4-18-65-58(13-1)16-11-25-67(65)60-39-35-54(36-40-60)52-27-31-56(32-28-52)62-43-46-79-76(49-62)77-50-63(57-33-29-53(30-34-57)55-37-41-61(42-38-55)68-26-12-17-59-14-2-5-19-66(59)68)44-47-80(77)81(79)78-48-45-73(71-22-9-10-24-74(71)78)75-51-64-15-3-6-20-69(64)70-21-7-8-23-72(70)75/h1-51H. The van der Waals surface area contributed by atoms with Crippen LogP contribution in [0.4, 0.5) is 0 Å².